The molecule has 0 bridgehead atoms. The Morgan fingerprint density at radius 2 is 1.96 bits per heavy atom. The number of carbonyl (C=O) groups is 1. The van der Waals surface area contributed by atoms with Crippen molar-refractivity contribution in [1.29, 1.82) is 0 Å². The maximum Gasteiger partial charge on any atom is 0.230 e. The summed E-state index contributed by atoms with van der Waals surface area (Å²) in [5.41, 5.74) is 1.21. The lowest BCUT2D eigenvalue weighted by Gasteiger charge is -2.38. The van der Waals surface area contributed by atoms with Crippen LogP contribution in [0.1, 0.15) is 34.1 Å². The smallest absolute Gasteiger partial charge is 0.230 e. The van der Waals surface area contributed by atoms with Crippen molar-refractivity contribution >= 4 is 33.5 Å². The van der Waals surface area contributed by atoms with Crippen LogP contribution in [-0.2, 0) is 4.79 Å². The third-order valence-corrected chi connectivity index (χ3v) is 6.97. The van der Waals surface area contributed by atoms with E-state index in [2.05, 4.69) is 33.4 Å². The van der Waals surface area contributed by atoms with Gasteiger partial charge in [0, 0.05) is 38.0 Å². The molecule has 1 saturated heterocycles. The van der Waals surface area contributed by atoms with Crippen LogP contribution in [0, 0.1) is 13.8 Å². The number of fused-ring (bicyclic) bond motifs is 1. The lowest BCUT2D eigenvalue weighted by molar-refractivity contribution is -0.130. The van der Waals surface area contributed by atoms with E-state index in [0.29, 0.717) is 23.9 Å². The van der Waals surface area contributed by atoms with Gasteiger partial charge in [-0.05, 0) is 30.9 Å². The topological polar surface area (TPSA) is 74.0 Å². The summed E-state index contributed by atoms with van der Waals surface area (Å²) in [7, 11) is 0. The predicted molar refractivity (Wildman–Crippen MR) is 102 cm³/mol. The fraction of sp³-hybridized carbons (Fsp3) is 0.471. The Kier molecular flexibility index (Phi) is 4.45. The minimum Gasteiger partial charge on any atom is -0.492 e. The molecular formula is C17H21N5O2S2. The molecule has 7 nitrogen and oxygen atoms in total. The van der Waals surface area contributed by atoms with Gasteiger partial charge in [-0.25, -0.2) is 4.98 Å². The average Bonchev–Trinajstić information content (AvgIpc) is 3.27. The molecule has 9 heteroatoms. The van der Waals surface area contributed by atoms with Crippen LogP contribution in [0.3, 0.4) is 0 Å². The van der Waals surface area contributed by atoms with E-state index in [4.69, 9.17) is 0 Å². The van der Waals surface area contributed by atoms with E-state index in [-0.39, 0.29) is 17.8 Å². The first-order valence-electron chi connectivity index (χ1n) is 8.54. The van der Waals surface area contributed by atoms with E-state index in [9.17, 15) is 9.90 Å². The van der Waals surface area contributed by atoms with Gasteiger partial charge in [0.2, 0.25) is 16.7 Å². The Hall–Kier alpha value is -1.97. The Morgan fingerprint density at radius 3 is 2.54 bits per heavy atom. The van der Waals surface area contributed by atoms with Crippen LogP contribution in [0.2, 0.25) is 0 Å². The first-order chi connectivity index (χ1) is 12.5. The van der Waals surface area contributed by atoms with Crippen molar-refractivity contribution in [2.45, 2.75) is 26.8 Å². The van der Waals surface area contributed by atoms with Crippen molar-refractivity contribution in [3.05, 3.63) is 32.6 Å². The van der Waals surface area contributed by atoms with Gasteiger partial charge >= 0.3 is 0 Å². The normalized spacial score (nSPS) is 17.1. The van der Waals surface area contributed by atoms with Crippen LogP contribution in [0.4, 0.5) is 0 Å². The molecule has 1 fully saturated rings. The van der Waals surface area contributed by atoms with Crippen LogP contribution >= 0.6 is 22.7 Å². The summed E-state index contributed by atoms with van der Waals surface area (Å²) in [4.78, 5) is 23.1. The fourth-order valence-electron chi connectivity index (χ4n) is 3.44. The number of thiophene rings is 1. The van der Waals surface area contributed by atoms with Gasteiger partial charge in [0.25, 0.3) is 0 Å². The summed E-state index contributed by atoms with van der Waals surface area (Å²) in [5.74, 6) is 0.931. The summed E-state index contributed by atoms with van der Waals surface area (Å²) in [6.07, 6.45) is 0. The number of aromatic nitrogens is 3. The molecule has 3 aromatic heterocycles. The number of amides is 1. The van der Waals surface area contributed by atoms with Crippen molar-refractivity contribution in [2.24, 2.45) is 0 Å². The minimum atomic E-state index is -0.0436. The second kappa shape index (κ2) is 6.64. The summed E-state index contributed by atoms with van der Waals surface area (Å²) in [6, 6.07) is 2.06. The number of aryl methyl sites for hydroxylation is 2. The molecule has 0 aromatic carbocycles. The van der Waals surface area contributed by atoms with E-state index >= 15 is 0 Å². The zero-order valence-electron chi connectivity index (χ0n) is 15.0. The first-order valence-corrected chi connectivity index (χ1v) is 10.2. The highest BCUT2D eigenvalue weighted by Gasteiger charge is 2.33. The molecule has 26 heavy (non-hydrogen) atoms. The Balaban J connectivity index is 1.74. The van der Waals surface area contributed by atoms with Crippen LogP contribution in [-0.4, -0.2) is 61.6 Å². The van der Waals surface area contributed by atoms with Gasteiger partial charge in [-0.2, -0.15) is 4.52 Å². The van der Waals surface area contributed by atoms with Gasteiger partial charge in [0.1, 0.15) is 5.82 Å². The highest BCUT2D eigenvalue weighted by Crippen LogP contribution is 2.42. The molecule has 1 aliphatic heterocycles. The van der Waals surface area contributed by atoms with Gasteiger partial charge in [0.05, 0.1) is 10.9 Å². The zero-order chi connectivity index (χ0) is 18.4. The molecule has 0 radical (unpaired) electrons. The van der Waals surface area contributed by atoms with E-state index in [1.54, 1.807) is 18.3 Å². The van der Waals surface area contributed by atoms with Gasteiger partial charge in [-0.15, -0.1) is 16.4 Å². The van der Waals surface area contributed by atoms with Gasteiger partial charge < -0.3 is 10.0 Å². The molecule has 0 aliphatic carbocycles. The Bertz CT molecular complexity index is 952. The summed E-state index contributed by atoms with van der Waals surface area (Å²) < 4.78 is 1.52. The maximum atomic E-state index is 11.6. The molecule has 1 amide bonds. The van der Waals surface area contributed by atoms with E-state index in [1.807, 2.05) is 11.8 Å². The van der Waals surface area contributed by atoms with Crippen LogP contribution < -0.4 is 0 Å². The third kappa shape index (κ3) is 2.89. The van der Waals surface area contributed by atoms with Gasteiger partial charge in [0.15, 0.2) is 0 Å². The molecule has 3 aromatic rings. The van der Waals surface area contributed by atoms with Crippen LogP contribution in [0.15, 0.2) is 11.4 Å². The number of nitrogens with zero attached hydrogens (tertiary/aromatic N) is 5. The average molecular weight is 392 g/mol. The quantitative estimate of drug-likeness (QED) is 0.742. The molecular weight excluding hydrogens is 370 g/mol. The number of aromatic hydroxyl groups is 1. The number of thiazole rings is 1. The molecule has 0 spiro atoms. The van der Waals surface area contributed by atoms with E-state index < -0.39 is 0 Å². The molecule has 1 atom stereocenters. The summed E-state index contributed by atoms with van der Waals surface area (Å²) >= 11 is 3.19. The summed E-state index contributed by atoms with van der Waals surface area (Å²) in [6.45, 7) is 8.49. The zero-order valence-corrected chi connectivity index (χ0v) is 16.6. The first kappa shape index (κ1) is 17.4. The number of rotatable bonds is 3. The van der Waals surface area contributed by atoms with Gasteiger partial charge in [-0.3, -0.25) is 9.69 Å². The molecule has 1 N–H and O–H groups in total. The highest BCUT2D eigenvalue weighted by molar-refractivity contribution is 7.17. The monoisotopic (exact) mass is 391 g/mol. The van der Waals surface area contributed by atoms with Crippen molar-refractivity contribution in [1.82, 2.24) is 24.4 Å². The predicted octanol–water partition coefficient (Wildman–Crippen LogP) is 2.43. The second-order valence-electron chi connectivity index (χ2n) is 6.56. The van der Waals surface area contributed by atoms with Crippen molar-refractivity contribution in [3.63, 3.8) is 0 Å². The highest BCUT2D eigenvalue weighted by atomic mass is 32.1. The minimum absolute atomic E-state index is 0.0436. The second-order valence-corrected chi connectivity index (χ2v) is 8.51. The van der Waals surface area contributed by atoms with Crippen LogP contribution in [0.5, 0.6) is 5.88 Å². The van der Waals surface area contributed by atoms with Crippen LogP contribution in [0.25, 0.3) is 4.96 Å². The Morgan fingerprint density at radius 1 is 1.23 bits per heavy atom. The van der Waals surface area contributed by atoms with E-state index in [1.165, 1.54) is 26.3 Å². The molecule has 1 aliphatic rings. The fourth-order valence-corrected chi connectivity index (χ4v) is 5.72. The lowest BCUT2D eigenvalue weighted by Crippen LogP contribution is -2.49. The largest absolute Gasteiger partial charge is 0.492 e. The number of piperazine rings is 1. The maximum absolute atomic E-state index is 11.6. The summed E-state index contributed by atoms with van der Waals surface area (Å²) in [5, 5.41) is 17.2. The molecule has 0 unspecified atom stereocenters. The van der Waals surface area contributed by atoms with Crippen molar-refractivity contribution in [2.75, 3.05) is 26.2 Å². The lowest BCUT2D eigenvalue weighted by atomic mass is 10.1. The standard InChI is InChI=1S/C17H21N5O2S2/c1-10-4-9-25-14(10)13(21-7-5-20(6-8-21)12(3)23)15-16(24)22-17(26-15)18-11(2)19-22/h4,9,13,24H,5-8H2,1-3H3/t13-/m1/s1. The molecule has 4 rings (SSSR count). The van der Waals surface area contributed by atoms with Crippen molar-refractivity contribution < 1.29 is 9.90 Å². The number of hydrogen-bond acceptors (Lipinski definition) is 7. The third-order valence-electron chi connectivity index (χ3n) is 4.83. The van der Waals surface area contributed by atoms with Crippen molar-refractivity contribution in [3.8, 4) is 5.88 Å². The van der Waals surface area contributed by atoms with Gasteiger partial charge in [-0.1, -0.05) is 11.3 Å². The molecule has 0 saturated carbocycles. The number of carbonyl (C=O) groups excluding carboxylic acids is 1. The Labute approximate surface area is 159 Å². The number of hydrogen-bond donors (Lipinski definition) is 1. The SMILES string of the molecule is CC(=O)N1CCN([C@H](c2sccc2C)c2sc3nc(C)nn3c2O)CC1. The molecule has 4 heterocycles. The van der Waals surface area contributed by atoms with E-state index in [0.717, 1.165) is 18.0 Å². The molecule has 138 valence electrons.